The maximum atomic E-state index is 8.33. The number of halogens is 1. The third kappa shape index (κ3) is 6120. The summed E-state index contributed by atoms with van der Waals surface area (Å²) in [6.45, 7) is 0. The van der Waals surface area contributed by atoms with E-state index >= 15 is 0 Å². The van der Waals surface area contributed by atoms with Crippen molar-refractivity contribution in [3.63, 3.8) is 0 Å². The molecule has 0 amide bonds. The summed E-state index contributed by atoms with van der Waals surface area (Å²) in [5.74, 6) is 0. The van der Waals surface area contributed by atoms with Crippen molar-refractivity contribution in [3.05, 3.63) is 0 Å². The number of carboxylic acid groups (broad SMARTS) is 2. The van der Waals surface area contributed by atoms with Gasteiger partial charge in [0, 0.05) is 0 Å². The van der Waals surface area contributed by atoms with E-state index in [1.165, 1.54) is 0 Å². The number of rotatable bonds is 0. The van der Waals surface area contributed by atoms with E-state index in [0.717, 1.165) is 0 Å². The average molecular weight is 159 g/mol. The molecule has 0 rings (SSSR count). The largest absolute Gasteiger partial charge is 2.00 e. The second kappa shape index (κ2) is 8.91. The summed E-state index contributed by atoms with van der Waals surface area (Å²) in [5, 5.41) is 16.7. The Morgan fingerprint density at radius 2 is 1.33 bits per heavy atom. The van der Waals surface area contributed by atoms with Gasteiger partial charge in [0.25, 0.3) is 0 Å². The van der Waals surface area contributed by atoms with E-state index in [4.69, 9.17) is 15.0 Å². The quantitative estimate of drug-likeness (QED) is 0.368. The predicted molar refractivity (Wildman–Crippen MR) is 5.40 cm³/mol. The molecule has 0 aromatic rings. The third-order valence-electron chi connectivity index (χ3n) is 0. The Morgan fingerprint density at radius 1 is 1.33 bits per heavy atom. The van der Waals surface area contributed by atoms with Gasteiger partial charge in [-0.05, 0) is 6.16 Å². The molecule has 0 aliphatic carbocycles. The molecule has 0 bridgehead atoms. The van der Waals surface area contributed by atoms with Crippen molar-refractivity contribution in [3.8, 4) is 0 Å². The van der Waals surface area contributed by atoms with Gasteiger partial charge in [-0.1, -0.05) is 0 Å². The van der Waals surface area contributed by atoms with E-state index in [2.05, 4.69) is 0 Å². The molecule has 39 valence electrons. The van der Waals surface area contributed by atoms with Gasteiger partial charge in [0.05, 0.1) is 0 Å². The van der Waals surface area contributed by atoms with Crippen molar-refractivity contribution in [1.82, 2.24) is 0 Å². The van der Waals surface area contributed by atoms with Gasteiger partial charge < -0.3 is 15.0 Å². The molecule has 0 aliphatic heterocycles. The molecule has 0 spiro atoms. The minimum Gasteiger partial charge on any atom is -0.652 e. The fourth-order valence-corrected chi connectivity index (χ4v) is 0. The molecule has 0 atom stereocenters. The van der Waals surface area contributed by atoms with Crippen molar-refractivity contribution < 1.29 is 44.5 Å². The van der Waals surface area contributed by atoms with Gasteiger partial charge in [-0.25, -0.2) is 0 Å². The van der Waals surface area contributed by atoms with Crippen LogP contribution in [0.2, 0.25) is 0 Å². The number of carbonyl (C=O) groups is 1. The van der Waals surface area contributed by atoms with Gasteiger partial charge in [0.2, 0.25) is 0 Å². The molecular weight excluding hydrogens is 159 g/mol. The van der Waals surface area contributed by atoms with Gasteiger partial charge >= 0.3 is 29.5 Å². The molecule has 3 radical (unpaired) electrons. The van der Waals surface area contributed by atoms with Crippen LogP contribution in [0.4, 0.5) is 4.79 Å². The second-order valence-corrected chi connectivity index (χ2v) is 0.250. The van der Waals surface area contributed by atoms with Crippen LogP contribution >= 0.6 is 0 Å². The maximum absolute atomic E-state index is 8.33. The molecule has 5 heteroatoms. The van der Waals surface area contributed by atoms with Gasteiger partial charge in [-0.3, -0.25) is 0 Å². The van der Waals surface area contributed by atoms with Crippen molar-refractivity contribution in [1.29, 1.82) is 0 Å². The molecule has 0 aliphatic rings. The molecular formula is CClCuO3+. The SMILES string of the molecule is O=C([O-])[O-].[Cl+].[Cu+2]. The zero-order chi connectivity index (χ0) is 3.58. The summed E-state index contributed by atoms with van der Waals surface area (Å²) in [6.07, 6.45) is -2.33. The van der Waals surface area contributed by atoms with Crippen LogP contribution in [0.3, 0.4) is 0 Å². The van der Waals surface area contributed by atoms with Gasteiger partial charge in [0.15, 0.2) is 0 Å². The van der Waals surface area contributed by atoms with Crippen LogP contribution in [0.15, 0.2) is 0 Å². The van der Waals surface area contributed by atoms with E-state index in [-0.39, 0.29) is 29.5 Å². The summed E-state index contributed by atoms with van der Waals surface area (Å²) in [6, 6.07) is 0. The monoisotopic (exact) mass is 158 g/mol. The van der Waals surface area contributed by atoms with Crippen molar-refractivity contribution in [2.45, 2.75) is 0 Å². The fourth-order valence-electron chi connectivity index (χ4n) is 0. The Labute approximate surface area is 51.2 Å². The van der Waals surface area contributed by atoms with Crippen LogP contribution in [0, 0.1) is 12.4 Å². The van der Waals surface area contributed by atoms with E-state index in [1.54, 1.807) is 0 Å². The van der Waals surface area contributed by atoms with Gasteiger partial charge in [0.1, 0.15) is 0 Å². The minimum absolute atomic E-state index is 0. The first-order valence-corrected chi connectivity index (χ1v) is 0.612. The van der Waals surface area contributed by atoms with Gasteiger partial charge in [-0.2, -0.15) is 0 Å². The summed E-state index contributed by atoms with van der Waals surface area (Å²) in [4.78, 5) is 8.33. The topological polar surface area (TPSA) is 63.2 Å². The second-order valence-electron chi connectivity index (χ2n) is 0.250. The Hall–Kier alpha value is 0.0795. The normalized spacial score (nSPS) is 4.00. The Kier molecular flexibility index (Phi) is 24.6. The van der Waals surface area contributed by atoms with E-state index in [9.17, 15) is 0 Å². The summed E-state index contributed by atoms with van der Waals surface area (Å²) in [5.41, 5.74) is 0. The maximum Gasteiger partial charge on any atom is 2.00 e. The first-order valence-electron chi connectivity index (χ1n) is 0.612. The Morgan fingerprint density at radius 3 is 1.33 bits per heavy atom. The van der Waals surface area contributed by atoms with Crippen molar-refractivity contribution in [2.24, 2.45) is 0 Å². The summed E-state index contributed by atoms with van der Waals surface area (Å²) < 4.78 is 0. The molecule has 0 saturated carbocycles. The van der Waals surface area contributed by atoms with Crippen LogP contribution in [0.5, 0.6) is 0 Å². The van der Waals surface area contributed by atoms with Crippen molar-refractivity contribution >= 4 is 6.16 Å². The predicted octanol–water partition coefficient (Wildman–Crippen LogP) is -2.45. The van der Waals surface area contributed by atoms with Crippen LogP contribution < -0.4 is 10.2 Å². The minimum atomic E-state index is -2.33. The number of hydrogen-bond donors (Lipinski definition) is 0. The molecule has 0 fully saturated rings. The Balaban J connectivity index is -0.0000000450. The van der Waals surface area contributed by atoms with Crippen molar-refractivity contribution in [2.75, 3.05) is 0 Å². The standard InChI is InChI=1S/CH2O3.Cl.Cu/c2-1(3)4;;/h(H2,2,3,4);;/q;+1;+2/p-2. The van der Waals surface area contributed by atoms with Crippen LogP contribution in [-0.2, 0) is 17.1 Å². The first-order chi connectivity index (χ1) is 1.73. The third-order valence-corrected chi connectivity index (χ3v) is 0. The number of hydrogen-bond acceptors (Lipinski definition) is 3. The first kappa shape index (κ1) is 16.5. The fraction of sp³-hybridized carbons (Fsp3) is 0. The van der Waals surface area contributed by atoms with Crippen LogP contribution in [0.1, 0.15) is 0 Å². The smallest absolute Gasteiger partial charge is 0.652 e. The average Bonchev–Trinajstić information content (AvgIpc) is 0.811. The molecule has 0 saturated heterocycles. The zero-order valence-electron chi connectivity index (χ0n) is 2.40. The summed E-state index contributed by atoms with van der Waals surface area (Å²) in [7, 11) is 0. The molecule has 3 nitrogen and oxygen atoms in total. The van der Waals surface area contributed by atoms with E-state index in [0.29, 0.717) is 0 Å². The van der Waals surface area contributed by atoms with Crippen LogP contribution in [0.25, 0.3) is 0 Å². The van der Waals surface area contributed by atoms with Gasteiger partial charge in [-0.15, -0.1) is 0 Å². The molecule has 0 N–H and O–H groups in total. The summed E-state index contributed by atoms with van der Waals surface area (Å²) >= 11 is 0. The van der Waals surface area contributed by atoms with E-state index < -0.39 is 6.16 Å². The molecule has 0 aromatic heterocycles. The van der Waals surface area contributed by atoms with Crippen LogP contribution in [-0.4, -0.2) is 6.16 Å². The Bertz CT molecular complexity index is 33.8. The molecule has 0 aromatic carbocycles. The molecule has 6 heavy (non-hydrogen) atoms. The molecule has 0 unspecified atom stereocenters. The number of carbonyl (C=O) groups excluding carboxylic acids is 1. The van der Waals surface area contributed by atoms with E-state index in [1.807, 2.05) is 0 Å². The molecule has 0 heterocycles. The zero-order valence-corrected chi connectivity index (χ0v) is 4.10.